The fraction of sp³-hybridized carbons (Fsp3) is 0.444. The molecule has 1 aromatic rings. The monoisotopic (exact) mass is 243 g/mol. The molecule has 0 saturated carbocycles. The van der Waals surface area contributed by atoms with Gasteiger partial charge in [-0.1, -0.05) is 0 Å². The number of hydrogen-bond donors (Lipinski definition) is 0. The number of rotatable bonds is 2. The average Bonchev–Trinajstić information content (AvgIpc) is 2.61. The summed E-state index contributed by atoms with van der Waals surface area (Å²) in [6.45, 7) is 1.48. The molecule has 2 heterocycles. The highest BCUT2D eigenvalue weighted by Gasteiger charge is 2.18. The molecule has 0 spiro atoms. The van der Waals surface area contributed by atoms with E-state index in [9.17, 15) is 0 Å². The summed E-state index contributed by atoms with van der Waals surface area (Å²) >= 11 is 3.33. The summed E-state index contributed by atoms with van der Waals surface area (Å²) in [7, 11) is 0. The van der Waals surface area contributed by atoms with Gasteiger partial charge in [-0.05, 0) is 28.1 Å². The molecule has 0 aliphatic carbocycles. The van der Waals surface area contributed by atoms with Gasteiger partial charge in [-0.25, -0.2) is 4.98 Å². The Morgan fingerprint density at radius 3 is 3.23 bits per heavy atom. The third-order valence-corrected chi connectivity index (χ3v) is 2.50. The number of aromatic nitrogens is 1. The van der Waals surface area contributed by atoms with Gasteiger partial charge in [-0.2, -0.15) is 0 Å². The molecule has 70 valence electrons. The molecule has 13 heavy (non-hydrogen) atoms. The first kappa shape index (κ1) is 8.97. The van der Waals surface area contributed by atoms with Crippen LogP contribution in [-0.2, 0) is 4.74 Å². The molecule has 1 aliphatic rings. The molecule has 1 aliphatic heterocycles. The molecule has 3 nitrogen and oxygen atoms in total. The van der Waals surface area contributed by atoms with Crippen molar-refractivity contribution in [1.29, 1.82) is 0 Å². The Kier molecular flexibility index (Phi) is 2.80. The third-order valence-electron chi connectivity index (χ3n) is 1.91. The van der Waals surface area contributed by atoms with Crippen LogP contribution < -0.4 is 4.74 Å². The Morgan fingerprint density at radius 2 is 2.54 bits per heavy atom. The van der Waals surface area contributed by atoms with Crippen LogP contribution in [0.2, 0.25) is 0 Å². The van der Waals surface area contributed by atoms with Crippen molar-refractivity contribution in [2.45, 2.75) is 12.5 Å². The highest BCUT2D eigenvalue weighted by Crippen LogP contribution is 2.24. The zero-order chi connectivity index (χ0) is 9.10. The zero-order valence-electron chi connectivity index (χ0n) is 7.07. The number of nitrogens with zero attached hydrogens (tertiary/aromatic N) is 1. The number of ether oxygens (including phenoxy) is 2. The van der Waals surface area contributed by atoms with Crippen LogP contribution in [0.25, 0.3) is 0 Å². The molecule has 0 unspecified atom stereocenters. The van der Waals surface area contributed by atoms with E-state index in [0.29, 0.717) is 6.61 Å². The highest BCUT2D eigenvalue weighted by atomic mass is 79.9. The van der Waals surface area contributed by atoms with Crippen molar-refractivity contribution in [1.82, 2.24) is 4.98 Å². The van der Waals surface area contributed by atoms with Crippen LogP contribution in [0.15, 0.2) is 22.9 Å². The van der Waals surface area contributed by atoms with E-state index in [2.05, 4.69) is 20.9 Å². The lowest BCUT2D eigenvalue weighted by Crippen LogP contribution is -2.16. The fourth-order valence-corrected chi connectivity index (χ4v) is 1.59. The SMILES string of the molecule is Brc1ncccc1O[C@@H]1CCOC1. The Morgan fingerprint density at radius 1 is 1.62 bits per heavy atom. The van der Waals surface area contributed by atoms with E-state index in [1.807, 2.05) is 12.1 Å². The summed E-state index contributed by atoms with van der Waals surface area (Å²) in [6.07, 6.45) is 2.86. The van der Waals surface area contributed by atoms with Crippen molar-refractivity contribution in [2.24, 2.45) is 0 Å². The second-order valence-electron chi connectivity index (χ2n) is 2.90. The van der Waals surface area contributed by atoms with Gasteiger partial charge in [0.2, 0.25) is 0 Å². The lowest BCUT2D eigenvalue weighted by atomic mass is 10.3. The van der Waals surface area contributed by atoms with Crippen molar-refractivity contribution >= 4 is 15.9 Å². The predicted octanol–water partition coefficient (Wildman–Crippen LogP) is 2.01. The lowest BCUT2D eigenvalue weighted by Gasteiger charge is -2.11. The highest BCUT2D eigenvalue weighted by molar-refractivity contribution is 9.10. The molecule has 0 aromatic carbocycles. The minimum atomic E-state index is 0.181. The second-order valence-corrected chi connectivity index (χ2v) is 3.65. The summed E-state index contributed by atoms with van der Waals surface area (Å²) in [5.74, 6) is 0.790. The molecule has 1 atom stereocenters. The topological polar surface area (TPSA) is 31.4 Å². The Hall–Kier alpha value is -0.610. The molecule has 0 radical (unpaired) electrons. The van der Waals surface area contributed by atoms with Crippen LogP contribution in [0.1, 0.15) is 6.42 Å². The lowest BCUT2D eigenvalue weighted by molar-refractivity contribution is 0.140. The van der Waals surface area contributed by atoms with Gasteiger partial charge in [0.15, 0.2) is 5.75 Å². The van der Waals surface area contributed by atoms with Crippen molar-refractivity contribution in [2.75, 3.05) is 13.2 Å². The van der Waals surface area contributed by atoms with E-state index in [0.717, 1.165) is 23.4 Å². The van der Waals surface area contributed by atoms with Crippen molar-refractivity contribution in [3.05, 3.63) is 22.9 Å². The zero-order valence-corrected chi connectivity index (χ0v) is 8.66. The first-order valence-corrected chi connectivity index (χ1v) is 5.00. The normalized spacial score (nSPS) is 21.8. The van der Waals surface area contributed by atoms with Crippen molar-refractivity contribution < 1.29 is 9.47 Å². The third kappa shape index (κ3) is 2.19. The van der Waals surface area contributed by atoms with Gasteiger partial charge >= 0.3 is 0 Å². The number of hydrogen-bond acceptors (Lipinski definition) is 3. The Labute approximate surface area is 85.2 Å². The summed E-state index contributed by atoms with van der Waals surface area (Å²) in [6, 6.07) is 3.76. The number of pyridine rings is 1. The molecule has 2 rings (SSSR count). The molecule has 1 saturated heterocycles. The molecule has 0 amide bonds. The molecule has 0 bridgehead atoms. The van der Waals surface area contributed by atoms with Gasteiger partial charge in [0.25, 0.3) is 0 Å². The molecule has 1 fully saturated rings. The second kappa shape index (κ2) is 4.07. The maximum Gasteiger partial charge on any atom is 0.152 e. The summed E-state index contributed by atoms with van der Waals surface area (Å²) in [5, 5.41) is 0. The van der Waals surface area contributed by atoms with Gasteiger partial charge < -0.3 is 9.47 Å². The van der Waals surface area contributed by atoms with E-state index < -0.39 is 0 Å². The van der Waals surface area contributed by atoms with Gasteiger partial charge in [0.1, 0.15) is 10.7 Å². The van der Waals surface area contributed by atoms with Crippen LogP contribution in [0, 0.1) is 0 Å². The van der Waals surface area contributed by atoms with Crippen LogP contribution in [0.5, 0.6) is 5.75 Å². The quantitative estimate of drug-likeness (QED) is 0.745. The van der Waals surface area contributed by atoms with E-state index >= 15 is 0 Å². The van der Waals surface area contributed by atoms with E-state index in [4.69, 9.17) is 9.47 Å². The van der Waals surface area contributed by atoms with Gasteiger partial charge in [-0.15, -0.1) is 0 Å². The minimum Gasteiger partial charge on any atom is -0.485 e. The van der Waals surface area contributed by atoms with Gasteiger partial charge in [0.05, 0.1) is 13.2 Å². The summed E-state index contributed by atoms with van der Waals surface area (Å²) < 4.78 is 11.6. The summed E-state index contributed by atoms with van der Waals surface area (Å²) in [4.78, 5) is 4.07. The van der Waals surface area contributed by atoms with Crippen LogP contribution >= 0.6 is 15.9 Å². The Bertz CT molecular complexity index is 287. The molecular weight excluding hydrogens is 234 g/mol. The first-order valence-electron chi connectivity index (χ1n) is 4.21. The maximum atomic E-state index is 5.67. The smallest absolute Gasteiger partial charge is 0.152 e. The number of halogens is 1. The maximum absolute atomic E-state index is 5.67. The average molecular weight is 244 g/mol. The molecular formula is C9H10BrNO2. The van der Waals surface area contributed by atoms with Gasteiger partial charge in [0, 0.05) is 12.6 Å². The van der Waals surface area contributed by atoms with E-state index in [1.165, 1.54) is 0 Å². The standard InChI is InChI=1S/C9H10BrNO2/c10-9-8(2-1-4-11-9)13-7-3-5-12-6-7/h1-2,4,7H,3,5-6H2/t7-/m1/s1. The predicted molar refractivity (Wildman–Crippen MR) is 51.8 cm³/mol. The first-order chi connectivity index (χ1) is 6.36. The van der Waals surface area contributed by atoms with Crippen LogP contribution in [0.4, 0.5) is 0 Å². The van der Waals surface area contributed by atoms with Crippen LogP contribution in [-0.4, -0.2) is 24.3 Å². The van der Waals surface area contributed by atoms with E-state index in [1.54, 1.807) is 6.20 Å². The van der Waals surface area contributed by atoms with E-state index in [-0.39, 0.29) is 6.10 Å². The molecule has 4 heteroatoms. The molecule has 0 N–H and O–H groups in total. The summed E-state index contributed by atoms with van der Waals surface area (Å²) in [5.41, 5.74) is 0. The molecule has 1 aromatic heterocycles. The van der Waals surface area contributed by atoms with Crippen molar-refractivity contribution in [3.63, 3.8) is 0 Å². The van der Waals surface area contributed by atoms with Gasteiger partial charge in [-0.3, -0.25) is 0 Å². The van der Waals surface area contributed by atoms with Crippen LogP contribution in [0.3, 0.4) is 0 Å². The minimum absolute atomic E-state index is 0.181. The Balaban J connectivity index is 2.04. The van der Waals surface area contributed by atoms with Crippen molar-refractivity contribution in [3.8, 4) is 5.75 Å². The largest absolute Gasteiger partial charge is 0.485 e. The fourth-order valence-electron chi connectivity index (χ4n) is 1.24.